The monoisotopic (exact) mass is 412 g/mol. The topological polar surface area (TPSA) is 86.2 Å². The van der Waals surface area contributed by atoms with E-state index >= 15 is 0 Å². The number of thiophene rings is 1. The van der Waals surface area contributed by atoms with Crippen LogP contribution in [0.3, 0.4) is 0 Å². The summed E-state index contributed by atoms with van der Waals surface area (Å²) in [6.07, 6.45) is 0. The van der Waals surface area contributed by atoms with Crippen LogP contribution in [0.15, 0.2) is 12.1 Å². The van der Waals surface area contributed by atoms with Crippen LogP contribution in [0.5, 0.6) is 11.5 Å². The van der Waals surface area contributed by atoms with Crippen LogP contribution in [0.25, 0.3) is 20.4 Å². The number of carbonyl (C=O) groups is 1. The van der Waals surface area contributed by atoms with Gasteiger partial charge in [0.05, 0.1) is 15.1 Å². The van der Waals surface area contributed by atoms with Crippen molar-refractivity contribution in [3.8, 4) is 11.5 Å². The number of hydrogen-bond acceptors (Lipinski definition) is 8. The molecule has 28 heavy (non-hydrogen) atoms. The largest absolute Gasteiger partial charge is 0.486 e. The van der Waals surface area contributed by atoms with Crippen molar-refractivity contribution in [2.45, 2.75) is 20.8 Å². The molecule has 5 rings (SSSR count). The Morgan fingerprint density at radius 3 is 2.57 bits per heavy atom. The minimum atomic E-state index is -0.186. The van der Waals surface area contributed by atoms with E-state index in [9.17, 15) is 4.79 Å². The number of benzene rings is 1. The number of rotatable bonds is 2. The van der Waals surface area contributed by atoms with Crippen LogP contribution in [-0.4, -0.2) is 34.1 Å². The lowest BCUT2D eigenvalue weighted by Crippen LogP contribution is -2.15. The average molecular weight is 412 g/mol. The van der Waals surface area contributed by atoms with Crippen molar-refractivity contribution < 1.29 is 14.3 Å². The van der Waals surface area contributed by atoms with E-state index in [0.29, 0.717) is 40.5 Å². The highest BCUT2D eigenvalue weighted by Gasteiger charge is 2.21. The summed E-state index contributed by atoms with van der Waals surface area (Å²) in [5, 5.41) is 4.41. The third-order valence-electron chi connectivity index (χ3n) is 4.56. The number of hydrogen-bond donors (Lipinski definition) is 1. The molecular formula is C19H16N4O3S2. The fourth-order valence-electron chi connectivity index (χ4n) is 3.36. The highest BCUT2D eigenvalue weighted by atomic mass is 32.1. The van der Waals surface area contributed by atoms with Gasteiger partial charge in [-0.05, 0) is 26.3 Å². The number of carbonyl (C=O) groups excluding carboxylic acids is 1. The maximum absolute atomic E-state index is 12.9. The first-order valence-corrected chi connectivity index (χ1v) is 10.4. The molecule has 0 aliphatic carbocycles. The molecule has 9 heteroatoms. The number of nitrogens with one attached hydrogen (secondary N) is 1. The predicted molar refractivity (Wildman–Crippen MR) is 110 cm³/mol. The van der Waals surface area contributed by atoms with Gasteiger partial charge in [0.2, 0.25) is 0 Å². The second kappa shape index (κ2) is 6.39. The minimum Gasteiger partial charge on any atom is -0.486 e. The van der Waals surface area contributed by atoms with Gasteiger partial charge in [-0.2, -0.15) is 0 Å². The van der Waals surface area contributed by atoms with Crippen LogP contribution in [0.2, 0.25) is 0 Å². The van der Waals surface area contributed by atoms with Crippen LogP contribution >= 0.6 is 22.7 Å². The van der Waals surface area contributed by atoms with Crippen molar-refractivity contribution in [1.82, 2.24) is 15.0 Å². The number of aromatic nitrogens is 3. The normalized spacial score (nSPS) is 13.2. The van der Waals surface area contributed by atoms with Gasteiger partial charge >= 0.3 is 0 Å². The third-order valence-corrected chi connectivity index (χ3v) is 6.68. The summed E-state index contributed by atoms with van der Waals surface area (Å²) in [5.41, 5.74) is 2.56. The Bertz CT molecular complexity index is 1220. The Hall–Kier alpha value is -2.78. The van der Waals surface area contributed by atoms with Gasteiger partial charge in [-0.15, -0.1) is 11.3 Å². The van der Waals surface area contributed by atoms with Crippen molar-refractivity contribution in [1.29, 1.82) is 0 Å². The molecule has 1 aliphatic heterocycles. The second-order valence-corrected chi connectivity index (χ2v) is 8.56. The molecule has 0 radical (unpaired) electrons. The molecule has 0 unspecified atom stereocenters. The van der Waals surface area contributed by atoms with Crippen molar-refractivity contribution in [2.24, 2.45) is 0 Å². The van der Waals surface area contributed by atoms with Gasteiger partial charge in [0.15, 0.2) is 16.6 Å². The molecule has 1 aliphatic rings. The highest BCUT2D eigenvalue weighted by molar-refractivity contribution is 7.23. The van der Waals surface area contributed by atoms with Crippen LogP contribution in [0.1, 0.15) is 26.8 Å². The van der Waals surface area contributed by atoms with E-state index in [-0.39, 0.29) is 5.91 Å². The molecule has 4 aromatic rings. The molecular weight excluding hydrogens is 396 g/mol. The first-order chi connectivity index (χ1) is 13.5. The zero-order valence-corrected chi connectivity index (χ0v) is 17.1. The SMILES string of the molecule is Cc1nc(C)c2c(C)c(C(=O)Nc3nc4cc5c(cc4s3)OCCO5)sc2n1. The fourth-order valence-corrected chi connectivity index (χ4v) is 5.41. The van der Waals surface area contributed by atoms with Gasteiger partial charge in [-0.3, -0.25) is 10.1 Å². The minimum absolute atomic E-state index is 0.186. The molecule has 4 heterocycles. The maximum Gasteiger partial charge on any atom is 0.267 e. The second-order valence-electron chi connectivity index (χ2n) is 6.53. The van der Waals surface area contributed by atoms with Crippen molar-refractivity contribution in [3.05, 3.63) is 34.1 Å². The Labute approximate surface area is 168 Å². The number of ether oxygens (including phenoxy) is 2. The summed E-state index contributed by atoms with van der Waals surface area (Å²) >= 11 is 2.79. The summed E-state index contributed by atoms with van der Waals surface area (Å²) < 4.78 is 12.2. The number of anilines is 1. The molecule has 0 saturated heterocycles. The van der Waals surface area contributed by atoms with Gasteiger partial charge in [0.1, 0.15) is 23.9 Å². The lowest BCUT2D eigenvalue weighted by Gasteiger charge is -2.17. The van der Waals surface area contributed by atoms with Crippen LogP contribution in [-0.2, 0) is 0 Å². The van der Waals surface area contributed by atoms with E-state index in [1.54, 1.807) is 0 Å². The molecule has 1 N–H and O–H groups in total. The summed E-state index contributed by atoms with van der Waals surface area (Å²) in [6, 6.07) is 3.76. The van der Waals surface area contributed by atoms with Crippen molar-refractivity contribution in [2.75, 3.05) is 18.5 Å². The summed E-state index contributed by atoms with van der Waals surface area (Å²) in [7, 11) is 0. The smallest absolute Gasteiger partial charge is 0.267 e. The van der Waals surface area contributed by atoms with Crippen molar-refractivity contribution >= 4 is 54.1 Å². The lowest BCUT2D eigenvalue weighted by molar-refractivity contribution is 0.103. The van der Waals surface area contributed by atoms with Crippen LogP contribution in [0, 0.1) is 20.8 Å². The van der Waals surface area contributed by atoms with Crippen LogP contribution < -0.4 is 14.8 Å². The summed E-state index contributed by atoms with van der Waals surface area (Å²) in [5.74, 6) is 1.92. The first-order valence-electron chi connectivity index (χ1n) is 8.75. The molecule has 0 saturated carbocycles. The zero-order chi connectivity index (χ0) is 19.4. The highest BCUT2D eigenvalue weighted by Crippen LogP contribution is 2.38. The van der Waals surface area contributed by atoms with Gasteiger partial charge in [0.25, 0.3) is 5.91 Å². The van der Waals surface area contributed by atoms with E-state index in [0.717, 1.165) is 31.7 Å². The van der Waals surface area contributed by atoms with E-state index in [2.05, 4.69) is 20.3 Å². The molecule has 1 amide bonds. The Kier molecular flexibility index (Phi) is 3.95. The van der Waals surface area contributed by atoms with Crippen molar-refractivity contribution in [3.63, 3.8) is 0 Å². The van der Waals surface area contributed by atoms with Gasteiger partial charge in [0, 0.05) is 23.2 Å². The number of nitrogens with zero attached hydrogens (tertiary/aromatic N) is 3. The van der Waals surface area contributed by atoms with E-state index < -0.39 is 0 Å². The van der Waals surface area contributed by atoms with Crippen LogP contribution in [0.4, 0.5) is 5.13 Å². The number of amides is 1. The predicted octanol–water partition coefficient (Wildman–Crippen LogP) is 4.25. The summed E-state index contributed by atoms with van der Waals surface area (Å²) in [4.78, 5) is 27.8. The molecule has 0 spiro atoms. The molecule has 7 nitrogen and oxygen atoms in total. The zero-order valence-electron chi connectivity index (χ0n) is 15.5. The molecule has 1 aromatic carbocycles. The van der Waals surface area contributed by atoms with Gasteiger partial charge in [-0.25, -0.2) is 15.0 Å². The molecule has 142 valence electrons. The number of aryl methyl sites for hydroxylation is 3. The quantitative estimate of drug-likeness (QED) is 0.530. The lowest BCUT2D eigenvalue weighted by atomic mass is 10.1. The summed E-state index contributed by atoms with van der Waals surface area (Å²) in [6.45, 7) is 6.79. The van der Waals surface area contributed by atoms with Gasteiger partial charge < -0.3 is 9.47 Å². The van der Waals surface area contributed by atoms with E-state index in [1.165, 1.54) is 22.7 Å². The van der Waals surface area contributed by atoms with E-state index in [1.807, 2.05) is 32.9 Å². The third kappa shape index (κ3) is 2.78. The number of thiazole rings is 1. The average Bonchev–Trinajstić information content (AvgIpc) is 3.19. The molecule has 0 atom stereocenters. The Morgan fingerprint density at radius 1 is 1.04 bits per heavy atom. The standard InChI is InChI=1S/C19H16N4O3S2/c1-8-15-9(2)20-10(3)21-18(15)28-16(8)17(24)23-19-22-11-6-12-13(7-14(11)27-19)26-5-4-25-12/h6-7H,4-5H2,1-3H3,(H,22,23,24). The fraction of sp³-hybridized carbons (Fsp3) is 0.263. The molecule has 3 aromatic heterocycles. The molecule has 0 bridgehead atoms. The maximum atomic E-state index is 12.9. The Morgan fingerprint density at radius 2 is 1.79 bits per heavy atom. The molecule has 0 fully saturated rings. The number of fused-ring (bicyclic) bond motifs is 3. The van der Waals surface area contributed by atoms with Gasteiger partial charge in [-0.1, -0.05) is 11.3 Å². The Balaban J connectivity index is 1.49. The van der Waals surface area contributed by atoms with E-state index in [4.69, 9.17) is 9.47 Å². The first kappa shape index (κ1) is 17.3.